The third-order valence-electron chi connectivity index (χ3n) is 3.27. The highest BCUT2D eigenvalue weighted by atomic mass is 79.9. The normalized spacial score (nSPS) is 19.8. The zero-order chi connectivity index (χ0) is 12.3. The highest BCUT2D eigenvalue weighted by molar-refractivity contribution is 9.10. The van der Waals surface area contributed by atoms with Gasteiger partial charge in [-0.1, -0.05) is 33.6 Å². The Labute approximate surface area is 129 Å². The summed E-state index contributed by atoms with van der Waals surface area (Å²) < 4.78 is 1.11. The molecule has 5 heteroatoms. The van der Waals surface area contributed by atoms with Gasteiger partial charge in [-0.3, -0.25) is 4.90 Å². The summed E-state index contributed by atoms with van der Waals surface area (Å²) in [6, 6.07) is 6.04. The molecular weight excluding hydrogens is 335 g/mol. The Hall–Kier alpha value is 0.200. The lowest BCUT2D eigenvalue weighted by molar-refractivity contribution is 0.315. The maximum absolute atomic E-state index is 5.95. The Morgan fingerprint density at radius 3 is 2.94 bits per heavy atom. The van der Waals surface area contributed by atoms with Crippen LogP contribution in [-0.2, 0) is 6.54 Å². The predicted molar refractivity (Wildman–Crippen MR) is 83.7 cm³/mol. The van der Waals surface area contributed by atoms with Crippen molar-refractivity contribution in [2.75, 3.05) is 26.7 Å². The van der Waals surface area contributed by atoms with Crippen LogP contribution in [0.3, 0.4) is 0 Å². The highest BCUT2D eigenvalue weighted by Crippen LogP contribution is 2.25. The summed E-state index contributed by atoms with van der Waals surface area (Å²) in [4.78, 5) is 2.51. The summed E-state index contributed by atoms with van der Waals surface area (Å²) in [5, 5.41) is 4.05. The molecular formula is C13H19BrCl2N2. The third-order valence-corrected chi connectivity index (χ3v) is 4.25. The number of rotatable bonds is 4. The van der Waals surface area contributed by atoms with E-state index in [-0.39, 0.29) is 12.4 Å². The Morgan fingerprint density at radius 2 is 2.28 bits per heavy atom. The molecule has 1 saturated heterocycles. The Balaban J connectivity index is 0.00000162. The lowest BCUT2D eigenvalue weighted by atomic mass is 10.1. The van der Waals surface area contributed by atoms with E-state index < -0.39 is 0 Å². The van der Waals surface area contributed by atoms with E-state index in [2.05, 4.69) is 32.2 Å². The molecule has 1 aromatic carbocycles. The minimum atomic E-state index is 0. The number of nitrogens with one attached hydrogen (secondary N) is 1. The maximum atomic E-state index is 5.95. The number of nitrogens with zero attached hydrogens (tertiary/aromatic N) is 1. The molecule has 1 aliphatic heterocycles. The molecule has 1 atom stereocenters. The number of benzene rings is 1. The monoisotopic (exact) mass is 352 g/mol. The minimum Gasteiger partial charge on any atom is -0.319 e. The van der Waals surface area contributed by atoms with Crippen molar-refractivity contribution in [3.05, 3.63) is 33.3 Å². The molecule has 0 aliphatic carbocycles. The quantitative estimate of drug-likeness (QED) is 0.890. The van der Waals surface area contributed by atoms with E-state index in [9.17, 15) is 0 Å². The van der Waals surface area contributed by atoms with Crippen LogP contribution in [0.2, 0.25) is 5.02 Å². The second-order valence-corrected chi connectivity index (χ2v) is 5.97. The van der Waals surface area contributed by atoms with Gasteiger partial charge in [0.25, 0.3) is 0 Å². The number of hydrogen-bond donors (Lipinski definition) is 1. The molecule has 1 aliphatic rings. The van der Waals surface area contributed by atoms with Crippen molar-refractivity contribution in [3.63, 3.8) is 0 Å². The summed E-state index contributed by atoms with van der Waals surface area (Å²) in [6.07, 6.45) is 1.30. The summed E-state index contributed by atoms with van der Waals surface area (Å²) in [5.41, 5.74) is 1.32. The average molecular weight is 354 g/mol. The van der Waals surface area contributed by atoms with Crippen LogP contribution >= 0.6 is 39.9 Å². The number of likely N-dealkylation sites (tertiary alicyclic amines) is 1. The van der Waals surface area contributed by atoms with Crippen LogP contribution in [-0.4, -0.2) is 31.6 Å². The van der Waals surface area contributed by atoms with Crippen molar-refractivity contribution in [2.45, 2.75) is 13.0 Å². The second-order valence-electron chi connectivity index (χ2n) is 4.68. The van der Waals surface area contributed by atoms with Crippen LogP contribution in [0, 0.1) is 5.92 Å². The summed E-state index contributed by atoms with van der Waals surface area (Å²) >= 11 is 9.52. The van der Waals surface area contributed by atoms with Crippen LogP contribution in [0.5, 0.6) is 0 Å². The van der Waals surface area contributed by atoms with Crippen molar-refractivity contribution in [1.29, 1.82) is 0 Å². The van der Waals surface area contributed by atoms with Gasteiger partial charge in [0.15, 0.2) is 0 Å². The zero-order valence-corrected chi connectivity index (χ0v) is 13.6. The van der Waals surface area contributed by atoms with Gasteiger partial charge in [0.2, 0.25) is 0 Å². The first-order valence-electron chi connectivity index (χ1n) is 6.00. The third kappa shape index (κ3) is 4.39. The average Bonchev–Trinajstić information content (AvgIpc) is 2.71. The summed E-state index contributed by atoms with van der Waals surface area (Å²) in [5.74, 6) is 0.797. The van der Waals surface area contributed by atoms with Gasteiger partial charge in [0.1, 0.15) is 0 Å². The van der Waals surface area contributed by atoms with Crippen LogP contribution in [0.4, 0.5) is 0 Å². The van der Waals surface area contributed by atoms with Crippen LogP contribution in [0.1, 0.15) is 12.0 Å². The molecule has 0 spiro atoms. The van der Waals surface area contributed by atoms with Gasteiger partial charge in [0.05, 0.1) is 0 Å². The van der Waals surface area contributed by atoms with Crippen molar-refractivity contribution in [3.8, 4) is 0 Å². The largest absolute Gasteiger partial charge is 0.319 e. The summed E-state index contributed by atoms with van der Waals surface area (Å²) in [7, 11) is 2.03. The molecule has 0 aromatic heterocycles. The van der Waals surface area contributed by atoms with E-state index in [1.165, 1.54) is 25.1 Å². The molecule has 0 saturated carbocycles. The first kappa shape index (κ1) is 16.3. The van der Waals surface area contributed by atoms with Gasteiger partial charge >= 0.3 is 0 Å². The molecule has 102 valence electrons. The van der Waals surface area contributed by atoms with Crippen LogP contribution in [0.15, 0.2) is 22.7 Å². The Kier molecular flexibility index (Phi) is 6.96. The molecule has 1 aromatic rings. The molecule has 1 fully saturated rings. The second kappa shape index (κ2) is 7.71. The molecule has 1 unspecified atom stereocenters. The Bertz CT molecular complexity index is 387. The first-order chi connectivity index (χ1) is 8.19. The highest BCUT2D eigenvalue weighted by Gasteiger charge is 2.22. The lowest BCUT2D eigenvalue weighted by Gasteiger charge is -2.17. The molecule has 2 nitrogen and oxygen atoms in total. The van der Waals surface area contributed by atoms with Crippen molar-refractivity contribution in [2.24, 2.45) is 5.92 Å². The van der Waals surface area contributed by atoms with Crippen LogP contribution < -0.4 is 5.32 Å². The molecule has 0 bridgehead atoms. The summed E-state index contributed by atoms with van der Waals surface area (Å²) in [6.45, 7) is 4.52. The SMILES string of the molecule is CNCC1CCN(Cc2ccc(Cl)cc2Br)C1.Cl. The minimum absolute atomic E-state index is 0. The molecule has 18 heavy (non-hydrogen) atoms. The van der Waals surface area contributed by atoms with Gasteiger partial charge in [0, 0.05) is 22.6 Å². The van der Waals surface area contributed by atoms with Gasteiger partial charge < -0.3 is 5.32 Å². The van der Waals surface area contributed by atoms with Crippen molar-refractivity contribution >= 4 is 39.9 Å². The van der Waals surface area contributed by atoms with E-state index in [0.717, 1.165) is 28.5 Å². The number of hydrogen-bond acceptors (Lipinski definition) is 2. The van der Waals surface area contributed by atoms with Gasteiger partial charge in [-0.15, -0.1) is 12.4 Å². The maximum Gasteiger partial charge on any atom is 0.0417 e. The Morgan fingerprint density at radius 1 is 1.50 bits per heavy atom. The van der Waals surface area contributed by atoms with E-state index in [1.807, 2.05) is 19.2 Å². The fourth-order valence-corrected chi connectivity index (χ4v) is 3.21. The van der Waals surface area contributed by atoms with Gasteiger partial charge in [-0.25, -0.2) is 0 Å². The van der Waals surface area contributed by atoms with E-state index in [0.29, 0.717) is 0 Å². The fourth-order valence-electron chi connectivity index (χ4n) is 2.40. The fraction of sp³-hybridized carbons (Fsp3) is 0.538. The smallest absolute Gasteiger partial charge is 0.0417 e. The zero-order valence-electron chi connectivity index (χ0n) is 10.5. The van der Waals surface area contributed by atoms with Gasteiger partial charge in [-0.2, -0.15) is 0 Å². The van der Waals surface area contributed by atoms with Crippen molar-refractivity contribution < 1.29 is 0 Å². The topological polar surface area (TPSA) is 15.3 Å². The standard InChI is InChI=1S/C13H18BrClN2.ClH/c1-16-7-10-4-5-17(8-10)9-11-2-3-12(15)6-13(11)14;/h2-3,6,10,16H,4-5,7-9H2,1H3;1H. The number of halogens is 3. The molecule has 2 rings (SSSR count). The molecule has 0 radical (unpaired) electrons. The van der Waals surface area contributed by atoms with E-state index >= 15 is 0 Å². The van der Waals surface area contributed by atoms with Crippen LogP contribution in [0.25, 0.3) is 0 Å². The van der Waals surface area contributed by atoms with Gasteiger partial charge in [-0.05, 0) is 50.2 Å². The predicted octanol–water partition coefficient (Wildman–Crippen LogP) is 3.57. The molecule has 1 heterocycles. The molecule has 0 amide bonds. The van der Waals surface area contributed by atoms with E-state index in [1.54, 1.807) is 0 Å². The van der Waals surface area contributed by atoms with Crippen molar-refractivity contribution in [1.82, 2.24) is 10.2 Å². The molecule has 1 N–H and O–H groups in total. The van der Waals surface area contributed by atoms with E-state index in [4.69, 9.17) is 11.6 Å². The lowest BCUT2D eigenvalue weighted by Crippen LogP contribution is -2.24. The first-order valence-corrected chi connectivity index (χ1v) is 7.17.